The van der Waals surface area contributed by atoms with Crippen LogP contribution in [-0.4, -0.2) is 42.1 Å². The number of hydrogen-bond donors (Lipinski definition) is 4. The smallest absolute Gasteiger partial charge is 0.314 e. The molecule has 0 unspecified atom stereocenters. The van der Waals surface area contributed by atoms with E-state index in [0.29, 0.717) is 6.04 Å². The maximum atomic E-state index is 11.4. The molecule has 7 nitrogen and oxygen atoms in total. The van der Waals surface area contributed by atoms with Crippen LogP contribution in [0.3, 0.4) is 0 Å². The van der Waals surface area contributed by atoms with Crippen LogP contribution in [0.5, 0.6) is 0 Å². The third-order valence-corrected chi connectivity index (χ3v) is 2.85. The average Bonchev–Trinajstić information content (AvgIpc) is 3.10. The van der Waals surface area contributed by atoms with Crippen molar-refractivity contribution >= 4 is 17.9 Å². The van der Waals surface area contributed by atoms with Crippen molar-refractivity contribution < 1.29 is 19.5 Å². The molecule has 1 aliphatic carbocycles. The number of amides is 3. The first-order valence-corrected chi connectivity index (χ1v) is 6.36. The van der Waals surface area contributed by atoms with Gasteiger partial charge in [0.05, 0.1) is 5.41 Å². The molecule has 1 saturated carbocycles. The summed E-state index contributed by atoms with van der Waals surface area (Å²) in [6.45, 7) is 3.32. The average molecular weight is 271 g/mol. The highest BCUT2D eigenvalue weighted by Crippen LogP contribution is 2.18. The summed E-state index contributed by atoms with van der Waals surface area (Å²) in [6, 6.07) is -0.147. The van der Waals surface area contributed by atoms with Gasteiger partial charge in [0.2, 0.25) is 5.91 Å². The van der Waals surface area contributed by atoms with E-state index in [1.165, 1.54) is 13.8 Å². The van der Waals surface area contributed by atoms with E-state index in [9.17, 15) is 14.4 Å². The van der Waals surface area contributed by atoms with Crippen molar-refractivity contribution in [2.45, 2.75) is 39.2 Å². The predicted octanol–water partition coefficient (Wildman–Crippen LogP) is 0.0651. The summed E-state index contributed by atoms with van der Waals surface area (Å²) in [7, 11) is 0. The number of carboxylic acid groups (broad SMARTS) is 1. The zero-order chi connectivity index (χ0) is 14.5. The molecule has 1 fully saturated rings. The van der Waals surface area contributed by atoms with Crippen LogP contribution in [0.2, 0.25) is 0 Å². The van der Waals surface area contributed by atoms with Crippen molar-refractivity contribution in [1.82, 2.24) is 16.0 Å². The van der Waals surface area contributed by atoms with E-state index in [1.807, 2.05) is 0 Å². The van der Waals surface area contributed by atoms with Crippen LogP contribution in [0.1, 0.15) is 33.1 Å². The van der Waals surface area contributed by atoms with Gasteiger partial charge < -0.3 is 21.1 Å². The molecule has 0 aromatic rings. The van der Waals surface area contributed by atoms with Crippen LogP contribution in [0, 0.1) is 5.41 Å². The molecule has 0 aromatic heterocycles. The first-order chi connectivity index (χ1) is 8.81. The van der Waals surface area contributed by atoms with Gasteiger partial charge >= 0.3 is 12.0 Å². The number of nitrogens with one attached hydrogen (secondary N) is 3. The van der Waals surface area contributed by atoms with E-state index < -0.39 is 17.4 Å². The molecule has 1 rings (SSSR count). The molecule has 0 atom stereocenters. The topological polar surface area (TPSA) is 108 Å². The van der Waals surface area contributed by atoms with E-state index in [-0.39, 0.29) is 25.4 Å². The quantitative estimate of drug-likeness (QED) is 0.525. The maximum Gasteiger partial charge on any atom is 0.314 e. The molecule has 0 heterocycles. The SMILES string of the molecule is CC(C)(CNC(=O)NCCC(=O)NC1CC1)C(=O)O. The zero-order valence-electron chi connectivity index (χ0n) is 11.3. The number of hydrogen-bond acceptors (Lipinski definition) is 3. The summed E-state index contributed by atoms with van der Waals surface area (Å²) in [4.78, 5) is 33.5. The Kier molecular flexibility index (Phi) is 5.14. The molecule has 0 aliphatic heterocycles. The fourth-order valence-electron chi connectivity index (χ4n) is 1.26. The van der Waals surface area contributed by atoms with Crippen LogP contribution in [-0.2, 0) is 9.59 Å². The standard InChI is InChI=1S/C12H21N3O4/c1-12(2,10(17)18)7-14-11(19)13-6-5-9(16)15-8-3-4-8/h8H,3-7H2,1-2H3,(H,15,16)(H,17,18)(H2,13,14,19). The van der Waals surface area contributed by atoms with Crippen LogP contribution < -0.4 is 16.0 Å². The highest BCUT2D eigenvalue weighted by atomic mass is 16.4. The Labute approximate surface area is 112 Å². The molecule has 0 bridgehead atoms. The monoisotopic (exact) mass is 271 g/mol. The summed E-state index contributed by atoms with van der Waals surface area (Å²) in [5.41, 5.74) is -1.01. The van der Waals surface area contributed by atoms with Crippen LogP contribution >= 0.6 is 0 Å². The largest absolute Gasteiger partial charge is 0.481 e. The van der Waals surface area contributed by atoms with Gasteiger partial charge in [-0.1, -0.05) is 0 Å². The highest BCUT2D eigenvalue weighted by Gasteiger charge is 2.27. The van der Waals surface area contributed by atoms with Gasteiger partial charge in [-0.15, -0.1) is 0 Å². The molecule has 7 heteroatoms. The number of aliphatic carboxylic acids is 1. The molecule has 0 aromatic carbocycles. The minimum atomic E-state index is -1.01. The van der Waals surface area contributed by atoms with Crippen molar-refractivity contribution in [3.63, 3.8) is 0 Å². The predicted molar refractivity (Wildman–Crippen MR) is 68.6 cm³/mol. The second-order valence-corrected chi connectivity index (χ2v) is 5.39. The van der Waals surface area contributed by atoms with Gasteiger partial charge in [-0.05, 0) is 26.7 Å². The summed E-state index contributed by atoms with van der Waals surface area (Å²) < 4.78 is 0. The normalized spacial score (nSPS) is 14.6. The van der Waals surface area contributed by atoms with Gasteiger partial charge in [-0.2, -0.15) is 0 Å². The molecular weight excluding hydrogens is 250 g/mol. The van der Waals surface area contributed by atoms with Gasteiger partial charge in [-0.3, -0.25) is 9.59 Å². The molecule has 0 radical (unpaired) electrons. The van der Waals surface area contributed by atoms with Crippen molar-refractivity contribution in [2.24, 2.45) is 5.41 Å². The number of carbonyl (C=O) groups excluding carboxylic acids is 2. The van der Waals surface area contributed by atoms with E-state index in [2.05, 4.69) is 16.0 Å². The Hall–Kier alpha value is -1.79. The van der Waals surface area contributed by atoms with Crippen molar-refractivity contribution in [1.29, 1.82) is 0 Å². The molecule has 19 heavy (non-hydrogen) atoms. The molecular formula is C12H21N3O4. The minimum Gasteiger partial charge on any atom is -0.481 e. The molecule has 0 saturated heterocycles. The van der Waals surface area contributed by atoms with Crippen LogP contribution in [0.4, 0.5) is 4.79 Å². The van der Waals surface area contributed by atoms with Crippen LogP contribution in [0.15, 0.2) is 0 Å². The van der Waals surface area contributed by atoms with Gasteiger partial charge in [-0.25, -0.2) is 4.79 Å². The van der Waals surface area contributed by atoms with Gasteiger partial charge in [0, 0.05) is 25.6 Å². The van der Waals surface area contributed by atoms with Crippen molar-refractivity contribution in [2.75, 3.05) is 13.1 Å². The lowest BCUT2D eigenvalue weighted by Crippen LogP contribution is -2.44. The van der Waals surface area contributed by atoms with Gasteiger partial charge in [0.15, 0.2) is 0 Å². The Morgan fingerprint density at radius 1 is 1.21 bits per heavy atom. The van der Waals surface area contributed by atoms with Gasteiger partial charge in [0.1, 0.15) is 0 Å². The van der Waals surface area contributed by atoms with E-state index in [4.69, 9.17) is 5.11 Å². The van der Waals surface area contributed by atoms with E-state index in [0.717, 1.165) is 12.8 Å². The first-order valence-electron chi connectivity index (χ1n) is 6.36. The Morgan fingerprint density at radius 2 is 1.84 bits per heavy atom. The van der Waals surface area contributed by atoms with Crippen molar-refractivity contribution in [3.05, 3.63) is 0 Å². The molecule has 4 N–H and O–H groups in total. The van der Waals surface area contributed by atoms with Crippen LogP contribution in [0.25, 0.3) is 0 Å². The zero-order valence-corrected chi connectivity index (χ0v) is 11.3. The Morgan fingerprint density at radius 3 is 2.37 bits per heavy atom. The summed E-state index contributed by atoms with van der Waals surface area (Å²) in [5.74, 6) is -1.05. The number of carboxylic acids is 1. The number of rotatable bonds is 7. The minimum absolute atomic E-state index is 0.0302. The second-order valence-electron chi connectivity index (χ2n) is 5.39. The lowest BCUT2D eigenvalue weighted by Gasteiger charge is -2.19. The Balaban J connectivity index is 2.10. The fraction of sp³-hybridized carbons (Fsp3) is 0.750. The first kappa shape index (κ1) is 15.3. The molecule has 1 aliphatic rings. The molecule has 3 amide bonds. The van der Waals surface area contributed by atoms with E-state index >= 15 is 0 Å². The Bertz CT molecular complexity index is 364. The lowest BCUT2D eigenvalue weighted by atomic mass is 9.94. The lowest BCUT2D eigenvalue weighted by molar-refractivity contribution is -0.146. The van der Waals surface area contributed by atoms with E-state index in [1.54, 1.807) is 0 Å². The highest BCUT2D eigenvalue weighted by molar-refractivity contribution is 5.79. The summed E-state index contributed by atoms with van der Waals surface area (Å²) in [5, 5.41) is 16.7. The second kappa shape index (κ2) is 6.40. The number of urea groups is 1. The maximum absolute atomic E-state index is 11.4. The fourth-order valence-corrected chi connectivity index (χ4v) is 1.26. The molecule has 108 valence electrons. The summed E-state index contributed by atoms with van der Waals surface area (Å²) >= 11 is 0. The van der Waals surface area contributed by atoms with Gasteiger partial charge in [0.25, 0.3) is 0 Å². The number of carbonyl (C=O) groups is 3. The third-order valence-electron chi connectivity index (χ3n) is 2.85. The molecule has 0 spiro atoms. The third kappa shape index (κ3) is 6.08. The van der Waals surface area contributed by atoms with Crippen molar-refractivity contribution in [3.8, 4) is 0 Å². The summed E-state index contributed by atoms with van der Waals surface area (Å²) in [6.07, 6.45) is 2.29.